The fourth-order valence-electron chi connectivity index (χ4n) is 2.39. The molecule has 0 bridgehead atoms. The molecule has 0 saturated heterocycles. The van der Waals surface area contributed by atoms with Crippen molar-refractivity contribution in [1.29, 1.82) is 0 Å². The number of ether oxygens (including phenoxy) is 1. The summed E-state index contributed by atoms with van der Waals surface area (Å²) in [5, 5.41) is 3.41. The molecule has 0 spiro atoms. The largest absolute Gasteiger partial charge is 0.455 e. The van der Waals surface area contributed by atoms with Crippen LogP contribution >= 0.6 is 11.6 Å². The van der Waals surface area contributed by atoms with E-state index < -0.39 is 0 Å². The molecule has 0 aliphatic carbocycles. The van der Waals surface area contributed by atoms with Crippen LogP contribution in [-0.4, -0.2) is 5.91 Å². The Morgan fingerprint density at radius 3 is 2.60 bits per heavy atom. The van der Waals surface area contributed by atoms with Crippen LogP contribution in [0.15, 0.2) is 72.9 Å². The van der Waals surface area contributed by atoms with Gasteiger partial charge in [-0.1, -0.05) is 35.9 Å². The first kappa shape index (κ1) is 17.0. The third-order valence-electron chi connectivity index (χ3n) is 3.67. The lowest BCUT2D eigenvalue weighted by molar-refractivity contribution is -0.690. The number of benzene rings is 2. The smallest absolute Gasteiger partial charge is 0.290 e. The zero-order chi connectivity index (χ0) is 17.6. The van der Waals surface area contributed by atoms with Gasteiger partial charge < -0.3 is 10.1 Å². The fraction of sp³-hybridized carbons (Fsp3) is 0.100. The van der Waals surface area contributed by atoms with Crippen molar-refractivity contribution in [2.75, 3.05) is 5.32 Å². The van der Waals surface area contributed by atoms with Gasteiger partial charge in [-0.2, -0.15) is 4.57 Å². The van der Waals surface area contributed by atoms with Crippen LogP contribution in [-0.2, 0) is 11.3 Å². The first-order chi connectivity index (χ1) is 12.1. The third-order valence-corrected chi connectivity index (χ3v) is 3.90. The van der Waals surface area contributed by atoms with Gasteiger partial charge in [0.15, 0.2) is 17.6 Å². The number of rotatable bonds is 5. The first-order valence-electron chi connectivity index (χ1n) is 7.89. The number of anilines is 1. The summed E-state index contributed by atoms with van der Waals surface area (Å²) < 4.78 is 7.73. The Labute approximate surface area is 151 Å². The highest BCUT2D eigenvalue weighted by atomic mass is 35.5. The second-order valence-corrected chi connectivity index (χ2v) is 6.01. The van der Waals surface area contributed by atoms with Gasteiger partial charge in [-0.05, 0) is 30.3 Å². The highest BCUT2D eigenvalue weighted by Gasteiger charge is 2.15. The Morgan fingerprint density at radius 1 is 1.08 bits per heavy atom. The molecule has 3 rings (SSSR count). The number of aryl methyl sites for hydroxylation is 1. The fourth-order valence-corrected chi connectivity index (χ4v) is 2.56. The Hall–Kier alpha value is -2.85. The predicted octanol–water partition coefficient (Wildman–Crippen LogP) is 4.37. The van der Waals surface area contributed by atoms with Crippen molar-refractivity contribution in [3.63, 3.8) is 0 Å². The van der Waals surface area contributed by atoms with E-state index >= 15 is 0 Å². The van der Waals surface area contributed by atoms with Crippen molar-refractivity contribution in [2.45, 2.75) is 13.5 Å². The van der Waals surface area contributed by atoms with Crippen LogP contribution in [0.3, 0.4) is 0 Å². The van der Waals surface area contributed by atoms with Gasteiger partial charge in [0.1, 0.15) is 5.75 Å². The van der Waals surface area contributed by atoms with E-state index in [1.54, 1.807) is 18.2 Å². The molecule has 25 heavy (non-hydrogen) atoms. The van der Waals surface area contributed by atoms with Crippen LogP contribution in [0.5, 0.6) is 11.5 Å². The van der Waals surface area contributed by atoms with Crippen LogP contribution in [0.2, 0.25) is 5.02 Å². The van der Waals surface area contributed by atoms with Gasteiger partial charge in [0.25, 0.3) is 5.91 Å². The van der Waals surface area contributed by atoms with E-state index in [-0.39, 0.29) is 12.5 Å². The molecule has 2 aromatic carbocycles. The predicted molar refractivity (Wildman–Crippen MR) is 98.0 cm³/mol. The lowest BCUT2D eigenvalue weighted by atomic mass is 10.2. The van der Waals surface area contributed by atoms with Crippen molar-refractivity contribution in [3.05, 3.63) is 83.6 Å². The second-order valence-electron chi connectivity index (χ2n) is 5.57. The van der Waals surface area contributed by atoms with Crippen LogP contribution in [0, 0.1) is 6.92 Å². The summed E-state index contributed by atoms with van der Waals surface area (Å²) in [7, 11) is 0. The summed E-state index contributed by atoms with van der Waals surface area (Å²) in [6, 6.07) is 20.3. The Morgan fingerprint density at radius 2 is 1.84 bits per heavy atom. The number of hydrogen-bond donors (Lipinski definition) is 1. The average Bonchev–Trinajstić information content (AvgIpc) is 2.60. The summed E-state index contributed by atoms with van der Waals surface area (Å²) >= 11 is 6.08. The normalized spacial score (nSPS) is 10.3. The van der Waals surface area contributed by atoms with Gasteiger partial charge in [-0.3, -0.25) is 4.79 Å². The molecule has 0 atom stereocenters. The van der Waals surface area contributed by atoms with Gasteiger partial charge >= 0.3 is 0 Å². The summed E-state index contributed by atoms with van der Waals surface area (Å²) in [5.41, 5.74) is 1.54. The monoisotopic (exact) mass is 353 g/mol. The number of para-hydroxylation sites is 1. The molecule has 126 valence electrons. The Kier molecular flexibility index (Phi) is 5.31. The van der Waals surface area contributed by atoms with Gasteiger partial charge in [-0.15, -0.1) is 0 Å². The number of aromatic nitrogens is 1. The molecule has 1 heterocycles. The van der Waals surface area contributed by atoms with E-state index in [1.807, 2.05) is 66.2 Å². The average molecular weight is 354 g/mol. The molecule has 0 aliphatic rings. The Bertz CT molecular complexity index is 882. The third kappa shape index (κ3) is 4.58. The quantitative estimate of drug-likeness (QED) is 0.692. The molecule has 0 radical (unpaired) electrons. The molecule has 3 aromatic rings. The topological polar surface area (TPSA) is 42.2 Å². The summed E-state index contributed by atoms with van der Waals surface area (Å²) in [6.45, 7) is 2.17. The van der Waals surface area contributed by atoms with Gasteiger partial charge in [0, 0.05) is 24.1 Å². The molecule has 0 aliphatic heterocycles. The number of carbonyl (C=O) groups excluding carboxylic acids is 1. The molecular weight excluding hydrogens is 336 g/mol. The van der Waals surface area contributed by atoms with Crippen LogP contribution in [0.4, 0.5) is 5.69 Å². The van der Waals surface area contributed by atoms with Crippen molar-refractivity contribution in [2.24, 2.45) is 0 Å². The lowest BCUT2D eigenvalue weighted by Gasteiger charge is -2.12. The molecule has 0 unspecified atom stereocenters. The van der Waals surface area contributed by atoms with E-state index in [0.29, 0.717) is 22.2 Å². The summed E-state index contributed by atoms with van der Waals surface area (Å²) in [5.74, 6) is 1.08. The van der Waals surface area contributed by atoms with Gasteiger partial charge in [0.05, 0.1) is 5.69 Å². The van der Waals surface area contributed by atoms with Crippen molar-refractivity contribution >= 4 is 23.2 Å². The molecular formula is C20H18ClN2O2+. The molecule has 1 amide bonds. The summed E-state index contributed by atoms with van der Waals surface area (Å²) in [4.78, 5) is 12.4. The minimum atomic E-state index is -0.153. The number of hydrogen-bond acceptors (Lipinski definition) is 2. The number of nitrogens with zero attached hydrogens (tertiary/aromatic N) is 1. The van der Waals surface area contributed by atoms with Gasteiger partial charge in [0.2, 0.25) is 6.54 Å². The van der Waals surface area contributed by atoms with Crippen LogP contribution in [0.1, 0.15) is 5.69 Å². The van der Waals surface area contributed by atoms with Crippen molar-refractivity contribution < 1.29 is 14.1 Å². The lowest BCUT2D eigenvalue weighted by Crippen LogP contribution is -2.42. The number of pyridine rings is 1. The molecule has 1 N–H and O–H groups in total. The SMILES string of the molecule is Cc1cccc[n+]1CC(=O)Nc1cc(Cl)ccc1Oc1ccccc1. The number of amides is 1. The highest BCUT2D eigenvalue weighted by Crippen LogP contribution is 2.31. The van der Waals surface area contributed by atoms with E-state index in [9.17, 15) is 4.79 Å². The minimum Gasteiger partial charge on any atom is -0.455 e. The van der Waals surface area contributed by atoms with Crippen LogP contribution in [0.25, 0.3) is 0 Å². The van der Waals surface area contributed by atoms with E-state index in [2.05, 4.69) is 5.32 Å². The maximum absolute atomic E-state index is 12.4. The van der Waals surface area contributed by atoms with Crippen molar-refractivity contribution in [3.8, 4) is 11.5 Å². The minimum absolute atomic E-state index is 0.153. The standard InChI is InChI=1S/C20H17ClN2O2/c1-15-7-5-6-12-23(15)14-20(24)22-18-13-16(21)10-11-19(18)25-17-8-3-2-4-9-17/h2-13H,14H2,1H3/p+1. The second kappa shape index (κ2) is 7.81. The summed E-state index contributed by atoms with van der Waals surface area (Å²) in [6.07, 6.45) is 1.87. The zero-order valence-electron chi connectivity index (χ0n) is 13.8. The molecule has 4 nitrogen and oxygen atoms in total. The number of carbonyl (C=O) groups is 1. The molecule has 0 fully saturated rings. The highest BCUT2D eigenvalue weighted by molar-refractivity contribution is 6.31. The van der Waals surface area contributed by atoms with E-state index in [4.69, 9.17) is 16.3 Å². The maximum Gasteiger partial charge on any atom is 0.290 e. The van der Waals surface area contributed by atoms with E-state index in [1.165, 1.54) is 0 Å². The number of nitrogens with one attached hydrogen (secondary N) is 1. The number of halogens is 1. The molecule has 1 aromatic heterocycles. The maximum atomic E-state index is 12.4. The van der Waals surface area contributed by atoms with Gasteiger partial charge in [-0.25, -0.2) is 0 Å². The van der Waals surface area contributed by atoms with E-state index in [0.717, 1.165) is 5.69 Å². The Balaban J connectivity index is 1.78. The molecule has 5 heteroatoms. The first-order valence-corrected chi connectivity index (χ1v) is 8.27. The molecule has 0 saturated carbocycles. The van der Waals surface area contributed by atoms with Crippen molar-refractivity contribution in [1.82, 2.24) is 0 Å². The van der Waals surface area contributed by atoms with Crippen LogP contribution < -0.4 is 14.6 Å². The zero-order valence-corrected chi connectivity index (χ0v) is 14.5.